The van der Waals surface area contributed by atoms with Crippen LogP contribution < -0.4 is 10.2 Å². The van der Waals surface area contributed by atoms with Crippen molar-refractivity contribution in [1.82, 2.24) is 5.32 Å². The Kier molecular flexibility index (Phi) is 5.10. The highest BCUT2D eigenvalue weighted by molar-refractivity contribution is 5.97. The number of hydrogen-bond acceptors (Lipinski definition) is 4. The molecule has 1 saturated carbocycles. The first-order valence-corrected chi connectivity index (χ1v) is 9.58. The van der Waals surface area contributed by atoms with E-state index in [-0.39, 0.29) is 17.9 Å². The summed E-state index contributed by atoms with van der Waals surface area (Å²) in [5.74, 6) is -0.781. The van der Waals surface area contributed by atoms with Crippen molar-refractivity contribution in [3.63, 3.8) is 0 Å². The molecule has 1 aliphatic carbocycles. The predicted molar refractivity (Wildman–Crippen MR) is 104 cm³/mol. The second kappa shape index (κ2) is 7.84. The van der Waals surface area contributed by atoms with E-state index in [4.69, 9.17) is 4.74 Å². The van der Waals surface area contributed by atoms with E-state index in [0.29, 0.717) is 24.1 Å². The van der Waals surface area contributed by atoms with Crippen molar-refractivity contribution < 1.29 is 19.1 Å². The summed E-state index contributed by atoms with van der Waals surface area (Å²) in [5, 5.41) is 2.90. The van der Waals surface area contributed by atoms with Gasteiger partial charge in [-0.2, -0.15) is 0 Å². The lowest BCUT2D eigenvalue weighted by molar-refractivity contribution is -0.130. The molecule has 0 aromatic heterocycles. The topological polar surface area (TPSA) is 75.7 Å². The maximum atomic E-state index is 12.6. The van der Waals surface area contributed by atoms with Crippen LogP contribution in [0.5, 0.6) is 0 Å². The minimum Gasteiger partial charge on any atom is -0.444 e. The Hall–Kier alpha value is -3.15. The minimum absolute atomic E-state index is 0.0937. The molecule has 28 heavy (non-hydrogen) atoms. The van der Waals surface area contributed by atoms with Crippen LogP contribution >= 0.6 is 0 Å². The lowest BCUT2D eigenvalue weighted by Gasteiger charge is -2.19. The SMILES string of the molecule is O=C(O[C@H](C(=O)NC1CC1)c1ccccc1)c1ccc(N2CCCC2=O)cc1. The Morgan fingerprint density at radius 1 is 1.04 bits per heavy atom. The maximum absolute atomic E-state index is 12.6. The van der Waals surface area contributed by atoms with E-state index in [1.165, 1.54) is 0 Å². The third-order valence-electron chi connectivity index (χ3n) is 4.98. The molecule has 6 nitrogen and oxygen atoms in total. The van der Waals surface area contributed by atoms with E-state index >= 15 is 0 Å². The highest BCUT2D eigenvalue weighted by Crippen LogP contribution is 2.25. The summed E-state index contributed by atoms with van der Waals surface area (Å²) >= 11 is 0. The number of hydrogen-bond donors (Lipinski definition) is 1. The van der Waals surface area contributed by atoms with Gasteiger partial charge < -0.3 is 15.0 Å². The molecular weight excluding hydrogens is 356 g/mol. The number of nitrogens with zero attached hydrogens (tertiary/aromatic N) is 1. The monoisotopic (exact) mass is 378 g/mol. The van der Waals surface area contributed by atoms with Gasteiger partial charge in [-0.05, 0) is 43.5 Å². The van der Waals surface area contributed by atoms with Crippen molar-refractivity contribution in [2.24, 2.45) is 0 Å². The molecule has 144 valence electrons. The van der Waals surface area contributed by atoms with Gasteiger partial charge in [0.15, 0.2) is 0 Å². The fourth-order valence-electron chi connectivity index (χ4n) is 3.28. The van der Waals surface area contributed by atoms with Gasteiger partial charge in [-0.15, -0.1) is 0 Å². The van der Waals surface area contributed by atoms with Gasteiger partial charge in [0.05, 0.1) is 5.56 Å². The Bertz CT molecular complexity index is 875. The Labute approximate surface area is 163 Å². The Morgan fingerprint density at radius 3 is 2.36 bits per heavy atom. The number of benzene rings is 2. The standard InChI is InChI=1S/C22H22N2O4/c25-19-7-4-14-24(19)18-12-8-16(9-13-18)22(27)28-20(15-5-2-1-3-6-15)21(26)23-17-10-11-17/h1-3,5-6,8-9,12-13,17,20H,4,7,10-11,14H2,(H,23,26)/t20-/m0/s1. The number of carbonyl (C=O) groups is 3. The molecule has 1 aliphatic heterocycles. The van der Waals surface area contributed by atoms with Gasteiger partial charge in [-0.1, -0.05) is 30.3 Å². The zero-order valence-electron chi connectivity index (χ0n) is 15.5. The third kappa shape index (κ3) is 4.06. The fraction of sp³-hybridized carbons (Fsp3) is 0.318. The van der Waals surface area contributed by atoms with Gasteiger partial charge >= 0.3 is 5.97 Å². The summed E-state index contributed by atoms with van der Waals surface area (Å²) in [6.45, 7) is 0.694. The zero-order chi connectivity index (χ0) is 19.5. The summed E-state index contributed by atoms with van der Waals surface area (Å²) < 4.78 is 5.57. The number of anilines is 1. The number of amides is 2. The van der Waals surface area contributed by atoms with Crippen molar-refractivity contribution in [2.75, 3.05) is 11.4 Å². The quantitative estimate of drug-likeness (QED) is 0.784. The molecule has 1 atom stereocenters. The highest BCUT2D eigenvalue weighted by atomic mass is 16.5. The summed E-state index contributed by atoms with van der Waals surface area (Å²) in [5.41, 5.74) is 1.74. The molecule has 4 rings (SSSR count). The summed E-state index contributed by atoms with van der Waals surface area (Å²) in [6.07, 6.45) is 2.32. The minimum atomic E-state index is -0.992. The van der Waals surface area contributed by atoms with Crippen LogP contribution in [0.25, 0.3) is 0 Å². The van der Waals surface area contributed by atoms with E-state index in [2.05, 4.69) is 5.32 Å². The number of ether oxygens (including phenoxy) is 1. The van der Waals surface area contributed by atoms with Crippen molar-refractivity contribution in [3.8, 4) is 0 Å². The molecule has 0 bridgehead atoms. The van der Waals surface area contributed by atoms with E-state index in [1.807, 2.05) is 18.2 Å². The number of carbonyl (C=O) groups excluding carboxylic acids is 3. The fourth-order valence-corrected chi connectivity index (χ4v) is 3.28. The molecule has 1 heterocycles. The molecular formula is C22H22N2O4. The van der Waals surface area contributed by atoms with Crippen LogP contribution in [0.15, 0.2) is 54.6 Å². The summed E-state index contributed by atoms with van der Waals surface area (Å²) in [7, 11) is 0. The molecule has 0 spiro atoms. The van der Waals surface area contributed by atoms with E-state index in [9.17, 15) is 14.4 Å². The smallest absolute Gasteiger partial charge is 0.339 e. The number of rotatable bonds is 6. The first-order chi connectivity index (χ1) is 13.6. The van der Waals surface area contributed by atoms with Crippen molar-refractivity contribution in [2.45, 2.75) is 37.8 Å². The van der Waals surface area contributed by atoms with E-state index < -0.39 is 12.1 Å². The van der Waals surface area contributed by atoms with Crippen LogP contribution in [0.4, 0.5) is 5.69 Å². The van der Waals surface area contributed by atoms with Crippen molar-refractivity contribution in [3.05, 3.63) is 65.7 Å². The molecule has 2 amide bonds. The van der Waals surface area contributed by atoms with Crippen molar-refractivity contribution >= 4 is 23.5 Å². The molecule has 1 saturated heterocycles. The molecule has 2 aromatic carbocycles. The lowest BCUT2D eigenvalue weighted by Crippen LogP contribution is -2.33. The predicted octanol–water partition coefficient (Wildman–Crippen LogP) is 2.99. The van der Waals surface area contributed by atoms with Crippen LogP contribution in [0, 0.1) is 0 Å². The van der Waals surface area contributed by atoms with Gasteiger partial charge in [0, 0.05) is 30.3 Å². The molecule has 0 unspecified atom stereocenters. The summed E-state index contributed by atoms with van der Waals surface area (Å²) in [6, 6.07) is 15.9. The van der Waals surface area contributed by atoms with Crippen LogP contribution in [0.3, 0.4) is 0 Å². The molecule has 6 heteroatoms. The average molecular weight is 378 g/mol. The van der Waals surface area contributed by atoms with Gasteiger partial charge in [0.1, 0.15) is 0 Å². The van der Waals surface area contributed by atoms with E-state index in [1.54, 1.807) is 41.3 Å². The van der Waals surface area contributed by atoms with Gasteiger partial charge in [-0.3, -0.25) is 9.59 Å². The zero-order valence-corrected chi connectivity index (χ0v) is 15.5. The van der Waals surface area contributed by atoms with E-state index in [0.717, 1.165) is 24.9 Å². The molecule has 2 aromatic rings. The Morgan fingerprint density at radius 2 is 1.75 bits per heavy atom. The maximum Gasteiger partial charge on any atom is 0.339 e. The second-order valence-corrected chi connectivity index (χ2v) is 7.17. The number of esters is 1. The molecule has 1 N–H and O–H groups in total. The first kappa shape index (κ1) is 18.2. The molecule has 0 radical (unpaired) electrons. The molecule has 2 fully saturated rings. The van der Waals surface area contributed by atoms with Crippen LogP contribution in [-0.2, 0) is 14.3 Å². The first-order valence-electron chi connectivity index (χ1n) is 9.58. The lowest BCUT2D eigenvalue weighted by atomic mass is 10.1. The number of nitrogens with one attached hydrogen (secondary N) is 1. The molecule has 2 aliphatic rings. The van der Waals surface area contributed by atoms with Gasteiger partial charge in [0.2, 0.25) is 12.0 Å². The second-order valence-electron chi connectivity index (χ2n) is 7.17. The average Bonchev–Trinajstić information content (AvgIpc) is 3.43. The van der Waals surface area contributed by atoms with Crippen molar-refractivity contribution in [1.29, 1.82) is 0 Å². The Balaban J connectivity index is 1.49. The third-order valence-corrected chi connectivity index (χ3v) is 4.98. The van der Waals surface area contributed by atoms with Gasteiger partial charge in [-0.25, -0.2) is 4.79 Å². The highest BCUT2D eigenvalue weighted by Gasteiger charge is 2.31. The normalized spacial score (nSPS) is 17.3. The van der Waals surface area contributed by atoms with Crippen LogP contribution in [-0.4, -0.2) is 30.4 Å². The van der Waals surface area contributed by atoms with Crippen LogP contribution in [0.1, 0.15) is 47.7 Å². The van der Waals surface area contributed by atoms with Gasteiger partial charge in [0.25, 0.3) is 5.91 Å². The summed E-state index contributed by atoms with van der Waals surface area (Å²) in [4.78, 5) is 38.8. The largest absolute Gasteiger partial charge is 0.444 e. The van der Waals surface area contributed by atoms with Crippen LogP contribution in [0.2, 0.25) is 0 Å².